The van der Waals surface area contributed by atoms with Crippen molar-refractivity contribution in [3.05, 3.63) is 47.8 Å². The van der Waals surface area contributed by atoms with Crippen LogP contribution in [0.3, 0.4) is 0 Å². The fourth-order valence-corrected chi connectivity index (χ4v) is 4.04. The SMILES string of the molecule is COc1ccc(C2CCCN2C(=O)c2ccn(C3CCCNC3)n2)cc1. The molecule has 0 aliphatic carbocycles. The highest BCUT2D eigenvalue weighted by atomic mass is 16.5. The van der Waals surface area contributed by atoms with Crippen molar-refractivity contribution in [1.82, 2.24) is 20.0 Å². The van der Waals surface area contributed by atoms with Gasteiger partial charge in [-0.1, -0.05) is 12.1 Å². The van der Waals surface area contributed by atoms with E-state index < -0.39 is 0 Å². The Hall–Kier alpha value is -2.34. The molecule has 0 spiro atoms. The summed E-state index contributed by atoms with van der Waals surface area (Å²) in [6.07, 6.45) is 6.23. The predicted molar refractivity (Wildman–Crippen MR) is 99.4 cm³/mol. The summed E-state index contributed by atoms with van der Waals surface area (Å²) in [6.45, 7) is 2.78. The topological polar surface area (TPSA) is 59.4 Å². The zero-order valence-corrected chi connectivity index (χ0v) is 15.2. The molecule has 0 saturated carbocycles. The summed E-state index contributed by atoms with van der Waals surface area (Å²) < 4.78 is 7.19. The molecule has 2 aliphatic rings. The standard InChI is InChI=1S/C20H26N4O2/c1-26-17-8-6-15(7-9-17)19-5-3-12-23(19)20(25)18-10-13-24(22-18)16-4-2-11-21-14-16/h6-10,13,16,19,21H,2-5,11-12,14H2,1H3. The normalized spacial score (nSPS) is 23.2. The van der Waals surface area contributed by atoms with Crippen LogP contribution >= 0.6 is 0 Å². The predicted octanol–water partition coefficient (Wildman–Crippen LogP) is 2.79. The van der Waals surface area contributed by atoms with E-state index in [0.717, 1.165) is 56.6 Å². The third kappa shape index (κ3) is 3.33. The Morgan fingerprint density at radius 2 is 2.04 bits per heavy atom. The van der Waals surface area contributed by atoms with E-state index >= 15 is 0 Å². The smallest absolute Gasteiger partial charge is 0.274 e. The zero-order chi connectivity index (χ0) is 17.9. The Balaban J connectivity index is 1.50. The summed E-state index contributed by atoms with van der Waals surface area (Å²) in [5, 5.41) is 8.00. The van der Waals surface area contributed by atoms with Gasteiger partial charge in [-0.15, -0.1) is 0 Å². The molecule has 2 aliphatic heterocycles. The van der Waals surface area contributed by atoms with Crippen LogP contribution in [0, 0.1) is 0 Å². The number of carbonyl (C=O) groups excluding carboxylic acids is 1. The van der Waals surface area contributed by atoms with E-state index in [1.54, 1.807) is 7.11 Å². The number of nitrogens with one attached hydrogen (secondary N) is 1. The van der Waals surface area contributed by atoms with Gasteiger partial charge in [-0.25, -0.2) is 0 Å². The molecule has 1 N–H and O–H groups in total. The van der Waals surface area contributed by atoms with Gasteiger partial charge in [-0.3, -0.25) is 9.48 Å². The third-order valence-corrected chi connectivity index (χ3v) is 5.49. The number of benzene rings is 1. The lowest BCUT2D eigenvalue weighted by atomic mass is 10.0. The van der Waals surface area contributed by atoms with Crippen molar-refractivity contribution in [2.75, 3.05) is 26.7 Å². The van der Waals surface area contributed by atoms with Crippen LogP contribution in [-0.4, -0.2) is 47.3 Å². The molecule has 1 aromatic carbocycles. The Kier molecular flexibility index (Phi) is 4.93. The molecular formula is C20H26N4O2. The van der Waals surface area contributed by atoms with Crippen LogP contribution in [0.1, 0.15) is 53.8 Å². The monoisotopic (exact) mass is 354 g/mol. The van der Waals surface area contributed by atoms with Gasteiger partial charge in [0.25, 0.3) is 5.91 Å². The Morgan fingerprint density at radius 1 is 1.19 bits per heavy atom. The zero-order valence-electron chi connectivity index (χ0n) is 15.2. The number of aromatic nitrogens is 2. The van der Waals surface area contributed by atoms with Gasteiger partial charge in [0.2, 0.25) is 0 Å². The van der Waals surface area contributed by atoms with Crippen molar-refractivity contribution in [3.63, 3.8) is 0 Å². The molecule has 2 aromatic rings. The van der Waals surface area contributed by atoms with Crippen molar-refractivity contribution in [1.29, 1.82) is 0 Å². The number of amides is 1. The first-order valence-electron chi connectivity index (χ1n) is 9.47. The van der Waals surface area contributed by atoms with Crippen LogP contribution in [0.5, 0.6) is 5.75 Å². The van der Waals surface area contributed by atoms with Crippen LogP contribution < -0.4 is 10.1 Å². The number of ether oxygens (including phenoxy) is 1. The minimum atomic E-state index is 0.0332. The van der Waals surface area contributed by atoms with Crippen molar-refractivity contribution < 1.29 is 9.53 Å². The number of nitrogens with zero attached hydrogens (tertiary/aromatic N) is 3. The fraction of sp³-hybridized carbons (Fsp3) is 0.500. The number of piperidine rings is 1. The second kappa shape index (κ2) is 7.50. The van der Waals surface area contributed by atoms with Crippen LogP contribution in [0.15, 0.2) is 36.5 Å². The number of rotatable bonds is 4. The molecule has 0 radical (unpaired) electrons. The van der Waals surface area contributed by atoms with E-state index in [9.17, 15) is 4.79 Å². The first-order valence-corrected chi connectivity index (χ1v) is 9.47. The minimum absolute atomic E-state index is 0.0332. The first-order chi connectivity index (χ1) is 12.8. The quantitative estimate of drug-likeness (QED) is 0.917. The van der Waals surface area contributed by atoms with E-state index in [0.29, 0.717) is 11.7 Å². The summed E-state index contributed by atoms with van der Waals surface area (Å²) in [5.41, 5.74) is 1.71. The van der Waals surface area contributed by atoms with Gasteiger partial charge in [0.1, 0.15) is 11.4 Å². The van der Waals surface area contributed by atoms with Gasteiger partial charge in [0.15, 0.2) is 0 Å². The van der Waals surface area contributed by atoms with Crippen LogP contribution in [0.4, 0.5) is 0 Å². The maximum atomic E-state index is 13.1. The molecule has 2 fully saturated rings. The van der Waals surface area contributed by atoms with Crippen LogP contribution in [-0.2, 0) is 0 Å². The van der Waals surface area contributed by atoms with Gasteiger partial charge < -0.3 is 15.0 Å². The molecule has 3 heterocycles. The van der Waals surface area contributed by atoms with Gasteiger partial charge >= 0.3 is 0 Å². The number of carbonyl (C=O) groups is 1. The molecule has 0 bridgehead atoms. The number of hydrogen-bond donors (Lipinski definition) is 1. The summed E-state index contributed by atoms with van der Waals surface area (Å²) in [7, 11) is 1.67. The lowest BCUT2D eigenvalue weighted by molar-refractivity contribution is 0.0728. The van der Waals surface area contributed by atoms with E-state index in [2.05, 4.69) is 22.5 Å². The fourth-order valence-electron chi connectivity index (χ4n) is 4.04. The van der Waals surface area contributed by atoms with E-state index in [1.165, 1.54) is 0 Å². The largest absolute Gasteiger partial charge is 0.497 e. The van der Waals surface area contributed by atoms with Crippen molar-refractivity contribution >= 4 is 5.91 Å². The molecule has 138 valence electrons. The lowest BCUT2D eigenvalue weighted by Gasteiger charge is -2.25. The van der Waals surface area contributed by atoms with Gasteiger partial charge in [-0.2, -0.15) is 5.10 Å². The molecule has 1 amide bonds. The number of hydrogen-bond acceptors (Lipinski definition) is 4. The van der Waals surface area contributed by atoms with E-state index in [-0.39, 0.29) is 11.9 Å². The number of likely N-dealkylation sites (tertiary alicyclic amines) is 1. The van der Waals surface area contributed by atoms with Gasteiger partial charge in [-0.05, 0) is 56.0 Å². The molecule has 6 heteroatoms. The van der Waals surface area contributed by atoms with Crippen LogP contribution in [0.2, 0.25) is 0 Å². The Morgan fingerprint density at radius 3 is 2.77 bits per heavy atom. The third-order valence-electron chi connectivity index (χ3n) is 5.49. The highest BCUT2D eigenvalue weighted by molar-refractivity contribution is 5.92. The summed E-state index contributed by atoms with van der Waals surface area (Å²) in [6, 6.07) is 10.4. The second-order valence-electron chi connectivity index (χ2n) is 7.11. The maximum Gasteiger partial charge on any atom is 0.274 e. The molecule has 2 saturated heterocycles. The molecule has 26 heavy (non-hydrogen) atoms. The summed E-state index contributed by atoms with van der Waals surface area (Å²) >= 11 is 0. The van der Waals surface area contributed by atoms with Crippen molar-refractivity contribution in [3.8, 4) is 5.75 Å². The van der Waals surface area contributed by atoms with Crippen molar-refractivity contribution in [2.45, 2.75) is 37.8 Å². The number of methoxy groups -OCH3 is 1. The lowest BCUT2D eigenvalue weighted by Crippen LogP contribution is -2.33. The summed E-state index contributed by atoms with van der Waals surface area (Å²) in [4.78, 5) is 15.0. The molecule has 2 atom stereocenters. The van der Waals surface area contributed by atoms with Crippen LogP contribution in [0.25, 0.3) is 0 Å². The van der Waals surface area contributed by atoms with E-state index in [4.69, 9.17) is 4.74 Å². The van der Waals surface area contributed by atoms with Gasteiger partial charge in [0.05, 0.1) is 19.2 Å². The summed E-state index contributed by atoms with van der Waals surface area (Å²) in [5.74, 6) is 0.871. The van der Waals surface area contributed by atoms with Gasteiger partial charge in [0, 0.05) is 19.3 Å². The maximum absolute atomic E-state index is 13.1. The highest BCUT2D eigenvalue weighted by Crippen LogP contribution is 2.33. The highest BCUT2D eigenvalue weighted by Gasteiger charge is 2.32. The average molecular weight is 354 g/mol. The second-order valence-corrected chi connectivity index (χ2v) is 7.11. The molecule has 2 unspecified atom stereocenters. The van der Waals surface area contributed by atoms with Crippen molar-refractivity contribution in [2.24, 2.45) is 0 Å². The minimum Gasteiger partial charge on any atom is -0.497 e. The average Bonchev–Trinajstić information content (AvgIpc) is 3.38. The molecule has 1 aromatic heterocycles. The first kappa shape index (κ1) is 17.1. The Bertz CT molecular complexity index is 749. The Labute approximate surface area is 154 Å². The van der Waals surface area contributed by atoms with E-state index in [1.807, 2.05) is 34.0 Å². The molecule has 6 nitrogen and oxygen atoms in total. The molecular weight excluding hydrogens is 328 g/mol. The molecule has 4 rings (SSSR count).